The first kappa shape index (κ1) is 13.9. The zero-order valence-electron chi connectivity index (χ0n) is 10.7. The number of carbonyl (C=O) groups excluding carboxylic acids is 1. The lowest BCUT2D eigenvalue weighted by Gasteiger charge is -2.31. The van der Waals surface area contributed by atoms with Crippen molar-refractivity contribution >= 4 is 23.3 Å². The fraction of sp³-hybridized carbons (Fsp3) is 0.583. The van der Waals surface area contributed by atoms with Crippen LogP contribution < -0.4 is 0 Å². The van der Waals surface area contributed by atoms with E-state index >= 15 is 0 Å². The van der Waals surface area contributed by atoms with E-state index in [-0.39, 0.29) is 11.7 Å². The van der Waals surface area contributed by atoms with E-state index in [2.05, 4.69) is 0 Å². The summed E-state index contributed by atoms with van der Waals surface area (Å²) in [6.45, 7) is 1.31. The van der Waals surface area contributed by atoms with Crippen LogP contribution in [0.2, 0.25) is 0 Å². The van der Waals surface area contributed by atoms with E-state index in [4.69, 9.17) is 11.6 Å². The second kappa shape index (κ2) is 5.61. The van der Waals surface area contributed by atoms with Crippen molar-refractivity contribution in [2.45, 2.75) is 12.8 Å². The van der Waals surface area contributed by atoms with Crippen molar-refractivity contribution < 1.29 is 9.72 Å². The summed E-state index contributed by atoms with van der Waals surface area (Å²) in [4.78, 5) is 24.4. The third-order valence-electron chi connectivity index (χ3n) is 3.53. The number of nitrogens with zero attached hydrogens (tertiary/aromatic N) is 3. The van der Waals surface area contributed by atoms with Crippen molar-refractivity contribution in [3.05, 3.63) is 27.9 Å². The number of likely N-dealkylation sites (tertiary alicyclic amines) is 1. The Labute approximate surface area is 116 Å². The Morgan fingerprint density at radius 2 is 2.32 bits per heavy atom. The Bertz CT molecular complexity index is 500. The molecule has 1 aromatic rings. The molecule has 6 nitrogen and oxygen atoms in total. The van der Waals surface area contributed by atoms with Crippen LogP contribution in [0.4, 0.5) is 5.82 Å². The van der Waals surface area contributed by atoms with Crippen molar-refractivity contribution in [3.63, 3.8) is 0 Å². The lowest BCUT2D eigenvalue weighted by molar-refractivity contribution is -0.391. The number of aromatic nitrogens is 1. The summed E-state index contributed by atoms with van der Waals surface area (Å²) in [5, 5.41) is 10.8. The van der Waals surface area contributed by atoms with Crippen molar-refractivity contribution in [2.75, 3.05) is 19.0 Å². The molecular formula is C12H16ClN3O3. The normalized spacial score (nSPS) is 19.5. The van der Waals surface area contributed by atoms with E-state index < -0.39 is 4.92 Å². The quantitative estimate of drug-likeness (QED) is 0.485. The molecule has 0 radical (unpaired) electrons. The minimum absolute atomic E-state index is 0.0748. The number of alkyl halides is 1. The zero-order chi connectivity index (χ0) is 14.0. The molecule has 1 aliphatic rings. The van der Waals surface area contributed by atoms with E-state index in [1.54, 1.807) is 4.90 Å². The molecule has 104 valence electrons. The highest BCUT2D eigenvalue weighted by atomic mass is 35.5. The minimum Gasteiger partial charge on any atom is -0.358 e. The van der Waals surface area contributed by atoms with Gasteiger partial charge in [0.1, 0.15) is 0 Å². The monoisotopic (exact) mass is 285 g/mol. The molecule has 7 heteroatoms. The predicted molar refractivity (Wildman–Crippen MR) is 71.4 cm³/mol. The highest BCUT2D eigenvalue weighted by Crippen LogP contribution is 2.22. The van der Waals surface area contributed by atoms with E-state index in [1.807, 2.05) is 0 Å². The fourth-order valence-electron chi connectivity index (χ4n) is 2.44. The van der Waals surface area contributed by atoms with Crippen molar-refractivity contribution in [3.8, 4) is 0 Å². The first-order valence-corrected chi connectivity index (χ1v) is 6.73. The van der Waals surface area contributed by atoms with Crippen LogP contribution in [-0.4, -0.2) is 39.3 Å². The topological polar surface area (TPSA) is 68.4 Å². The molecule has 0 N–H and O–H groups in total. The van der Waals surface area contributed by atoms with Crippen molar-refractivity contribution in [1.29, 1.82) is 0 Å². The third kappa shape index (κ3) is 2.73. The van der Waals surface area contributed by atoms with Crippen LogP contribution in [0.3, 0.4) is 0 Å². The standard InChI is InChI=1S/C12H16ClN3O3/c1-14-10(4-5-11(14)16(18)19)12(17)15-6-2-3-9(7-13)8-15/h4-5,9H,2-3,6-8H2,1H3. The van der Waals surface area contributed by atoms with Crippen LogP contribution >= 0.6 is 11.6 Å². The number of halogens is 1. The average Bonchev–Trinajstić information content (AvgIpc) is 2.80. The number of amides is 1. The molecule has 0 aromatic carbocycles. The maximum atomic E-state index is 12.4. The largest absolute Gasteiger partial charge is 0.358 e. The molecule has 0 bridgehead atoms. The van der Waals surface area contributed by atoms with Crippen LogP contribution in [0.1, 0.15) is 23.3 Å². The Hall–Kier alpha value is -1.56. The van der Waals surface area contributed by atoms with Gasteiger partial charge in [0.15, 0.2) is 5.69 Å². The second-order valence-electron chi connectivity index (χ2n) is 4.81. The van der Waals surface area contributed by atoms with Crippen LogP contribution in [-0.2, 0) is 7.05 Å². The van der Waals surface area contributed by atoms with Gasteiger partial charge in [-0.3, -0.25) is 4.79 Å². The number of nitro groups is 1. The molecule has 1 fully saturated rings. The van der Waals surface area contributed by atoms with Crippen LogP contribution in [0.5, 0.6) is 0 Å². The van der Waals surface area contributed by atoms with Gasteiger partial charge in [-0.15, -0.1) is 11.6 Å². The highest BCUT2D eigenvalue weighted by Gasteiger charge is 2.28. The number of hydrogen-bond donors (Lipinski definition) is 0. The molecule has 2 heterocycles. The number of piperidine rings is 1. The van der Waals surface area contributed by atoms with Gasteiger partial charge < -0.3 is 15.0 Å². The number of carbonyl (C=O) groups is 1. The van der Waals surface area contributed by atoms with Gasteiger partial charge in [0.05, 0.1) is 7.05 Å². The second-order valence-corrected chi connectivity index (χ2v) is 5.12. The molecule has 1 aliphatic heterocycles. The molecule has 0 aliphatic carbocycles. The summed E-state index contributed by atoms with van der Waals surface area (Å²) in [6, 6.07) is 2.86. The van der Waals surface area contributed by atoms with E-state index in [9.17, 15) is 14.9 Å². The summed E-state index contributed by atoms with van der Waals surface area (Å²) in [5.74, 6) is 0.617. The van der Waals surface area contributed by atoms with E-state index in [1.165, 1.54) is 23.7 Å². The van der Waals surface area contributed by atoms with Crippen LogP contribution in [0, 0.1) is 16.0 Å². The van der Waals surface area contributed by atoms with Crippen molar-refractivity contribution in [2.24, 2.45) is 13.0 Å². The maximum Gasteiger partial charge on any atom is 0.323 e. The first-order valence-electron chi connectivity index (χ1n) is 6.20. The third-order valence-corrected chi connectivity index (χ3v) is 3.96. The summed E-state index contributed by atoms with van der Waals surface area (Å²) >= 11 is 5.84. The summed E-state index contributed by atoms with van der Waals surface area (Å²) in [6.07, 6.45) is 1.95. The SMILES string of the molecule is Cn1c(C(=O)N2CCCC(CCl)C2)ccc1[N+](=O)[O-]. The molecule has 1 amide bonds. The Balaban J connectivity index is 2.17. The smallest absolute Gasteiger partial charge is 0.323 e. The van der Waals surface area contributed by atoms with Gasteiger partial charge in [0, 0.05) is 25.0 Å². The van der Waals surface area contributed by atoms with Gasteiger partial charge in [0.2, 0.25) is 0 Å². The molecule has 0 saturated carbocycles. The molecule has 1 aromatic heterocycles. The fourth-order valence-corrected chi connectivity index (χ4v) is 2.69. The lowest BCUT2D eigenvalue weighted by Crippen LogP contribution is -2.41. The van der Waals surface area contributed by atoms with Gasteiger partial charge in [-0.1, -0.05) is 0 Å². The lowest BCUT2D eigenvalue weighted by atomic mass is 10.00. The predicted octanol–water partition coefficient (Wildman–Crippen LogP) is 2.02. The summed E-state index contributed by atoms with van der Waals surface area (Å²) in [7, 11) is 1.54. The average molecular weight is 286 g/mol. The van der Waals surface area contributed by atoms with Gasteiger partial charge in [-0.05, 0) is 29.7 Å². The zero-order valence-corrected chi connectivity index (χ0v) is 11.5. The molecule has 19 heavy (non-hydrogen) atoms. The highest BCUT2D eigenvalue weighted by molar-refractivity contribution is 6.18. The molecule has 1 saturated heterocycles. The Kier molecular flexibility index (Phi) is 4.09. The molecular weight excluding hydrogens is 270 g/mol. The number of rotatable bonds is 3. The van der Waals surface area contributed by atoms with E-state index in [0.29, 0.717) is 30.6 Å². The van der Waals surface area contributed by atoms with Crippen molar-refractivity contribution in [1.82, 2.24) is 9.47 Å². The molecule has 2 rings (SSSR count). The van der Waals surface area contributed by atoms with Gasteiger partial charge in [-0.2, -0.15) is 0 Å². The van der Waals surface area contributed by atoms with Crippen LogP contribution in [0.25, 0.3) is 0 Å². The van der Waals surface area contributed by atoms with Gasteiger partial charge >= 0.3 is 5.82 Å². The summed E-state index contributed by atoms with van der Waals surface area (Å²) in [5.41, 5.74) is 0.349. The Morgan fingerprint density at radius 1 is 1.58 bits per heavy atom. The van der Waals surface area contributed by atoms with Gasteiger partial charge in [-0.25, -0.2) is 4.57 Å². The Morgan fingerprint density at radius 3 is 2.89 bits per heavy atom. The van der Waals surface area contributed by atoms with E-state index in [0.717, 1.165) is 12.8 Å². The molecule has 1 unspecified atom stereocenters. The number of hydrogen-bond acceptors (Lipinski definition) is 3. The molecule has 0 spiro atoms. The molecule has 1 atom stereocenters. The van der Waals surface area contributed by atoms with Crippen LogP contribution in [0.15, 0.2) is 12.1 Å². The minimum atomic E-state index is -0.492. The maximum absolute atomic E-state index is 12.4. The van der Waals surface area contributed by atoms with Gasteiger partial charge in [0.25, 0.3) is 5.91 Å². The first-order chi connectivity index (χ1) is 9.04. The summed E-state index contributed by atoms with van der Waals surface area (Å²) < 4.78 is 1.33.